The Bertz CT molecular complexity index is 579. The van der Waals surface area contributed by atoms with E-state index in [1.807, 2.05) is 19.4 Å². The summed E-state index contributed by atoms with van der Waals surface area (Å²) in [7, 11) is 4.14. The molecule has 2 rings (SSSR count). The van der Waals surface area contributed by atoms with Crippen LogP contribution in [0.25, 0.3) is 0 Å². The average molecular weight is 351 g/mol. The fraction of sp³-hybridized carbons (Fsp3) is 0.438. The summed E-state index contributed by atoms with van der Waals surface area (Å²) in [4.78, 5) is 6.65. The summed E-state index contributed by atoms with van der Waals surface area (Å²) in [5, 5.41) is 3.48. The molecule has 0 saturated heterocycles. The standard InChI is InChI=1S/C16H23BrN4/c1-4-7-18-11-13-10-14(17)5-6-15(13)21(3)12-16-19-8-9-20(16)2/h5-6,8-10,18H,4,7,11-12H2,1-3H3. The highest BCUT2D eigenvalue weighted by atomic mass is 79.9. The second-order valence-corrected chi connectivity index (χ2v) is 6.18. The number of aryl methyl sites for hydroxylation is 1. The number of hydrogen-bond acceptors (Lipinski definition) is 3. The van der Waals surface area contributed by atoms with Crippen molar-refractivity contribution < 1.29 is 0 Å². The molecule has 0 unspecified atom stereocenters. The maximum Gasteiger partial charge on any atom is 0.127 e. The van der Waals surface area contributed by atoms with Crippen molar-refractivity contribution in [1.29, 1.82) is 0 Å². The normalized spacial score (nSPS) is 10.9. The van der Waals surface area contributed by atoms with Crippen molar-refractivity contribution in [3.8, 4) is 0 Å². The molecule has 5 heteroatoms. The largest absolute Gasteiger partial charge is 0.367 e. The van der Waals surface area contributed by atoms with Gasteiger partial charge in [0, 0.05) is 43.2 Å². The second kappa shape index (κ2) is 7.61. The topological polar surface area (TPSA) is 33.1 Å². The number of nitrogens with zero attached hydrogens (tertiary/aromatic N) is 3. The number of anilines is 1. The van der Waals surface area contributed by atoms with Gasteiger partial charge in [0.2, 0.25) is 0 Å². The van der Waals surface area contributed by atoms with Crippen molar-refractivity contribution in [1.82, 2.24) is 14.9 Å². The highest BCUT2D eigenvalue weighted by Gasteiger charge is 2.10. The molecule has 0 saturated carbocycles. The van der Waals surface area contributed by atoms with E-state index in [-0.39, 0.29) is 0 Å². The van der Waals surface area contributed by atoms with Crippen molar-refractivity contribution in [2.75, 3.05) is 18.5 Å². The van der Waals surface area contributed by atoms with Crippen LogP contribution in [-0.4, -0.2) is 23.1 Å². The molecule has 0 aliphatic carbocycles. The summed E-state index contributed by atoms with van der Waals surface area (Å²) in [5.74, 6) is 1.06. The maximum atomic E-state index is 4.40. The first-order valence-electron chi connectivity index (χ1n) is 7.28. The third-order valence-corrected chi connectivity index (χ3v) is 3.99. The number of hydrogen-bond donors (Lipinski definition) is 1. The summed E-state index contributed by atoms with van der Waals surface area (Å²) in [6.45, 7) is 4.90. The van der Waals surface area contributed by atoms with Gasteiger partial charge >= 0.3 is 0 Å². The number of nitrogens with one attached hydrogen (secondary N) is 1. The van der Waals surface area contributed by atoms with Crippen LogP contribution in [0.2, 0.25) is 0 Å². The molecule has 0 atom stereocenters. The highest BCUT2D eigenvalue weighted by Crippen LogP contribution is 2.25. The lowest BCUT2D eigenvalue weighted by Gasteiger charge is -2.23. The zero-order valence-electron chi connectivity index (χ0n) is 12.9. The van der Waals surface area contributed by atoms with Gasteiger partial charge in [0.15, 0.2) is 0 Å². The van der Waals surface area contributed by atoms with Crippen molar-refractivity contribution in [2.45, 2.75) is 26.4 Å². The summed E-state index contributed by atoms with van der Waals surface area (Å²) in [6, 6.07) is 6.44. The smallest absolute Gasteiger partial charge is 0.127 e. The predicted molar refractivity (Wildman–Crippen MR) is 91.5 cm³/mol. The Labute approximate surface area is 135 Å². The quantitative estimate of drug-likeness (QED) is 0.777. The molecular weight excluding hydrogens is 328 g/mol. The molecule has 1 aromatic heterocycles. The van der Waals surface area contributed by atoms with Crippen LogP contribution >= 0.6 is 15.9 Å². The Morgan fingerprint density at radius 3 is 2.86 bits per heavy atom. The number of aromatic nitrogens is 2. The van der Waals surface area contributed by atoms with Crippen LogP contribution in [0.15, 0.2) is 35.1 Å². The van der Waals surface area contributed by atoms with Crippen LogP contribution in [0, 0.1) is 0 Å². The first-order chi connectivity index (χ1) is 10.1. The van der Waals surface area contributed by atoms with Gasteiger partial charge in [-0.1, -0.05) is 22.9 Å². The molecule has 114 valence electrons. The molecule has 0 spiro atoms. The van der Waals surface area contributed by atoms with Gasteiger partial charge in [-0.15, -0.1) is 0 Å². The van der Waals surface area contributed by atoms with E-state index < -0.39 is 0 Å². The monoisotopic (exact) mass is 350 g/mol. The van der Waals surface area contributed by atoms with Crippen molar-refractivity contribution >= 4 is 21.6 Å². The van der Waals surface area contributed by atoms with Crippen LogP contribution in [0.3, 0.4) is 0 Å². The summed E-state index contributed by atoms with van der Waals surface area (Å²) in [5.41, 5.74) is 2.54. The predicted octanol–water partition coefficient (Wildman–Crippen LogP) is 3.32. The molecule has 4 nitrogen and oxygen atoms in total. The van der Waals surface area contributed by atoms with E-state index in [9.17, 15) is 0 Å². The SMILES string of the molecule is CCCNCc1cc(Br)ccc1N(C)Cc1nccn1C. The first kappa shape index (κ1) is 16.0. The zero-order valence-corrected chi connectivity index (χ0v) is 14.5. The number of halogens is 1. The van der Waals surface area contributed by atoms with E-state index in [0.29, 0.717) is 0 Å². The fourth-order valence-electron chi connectivity index (χ4n) is 2.31. The third-order valence-electron chi connectivity index (χ3n) is 3.49. The van der Waals surface area contributed by atoms with Crippen molar-refractivity contribution in [3.05, 3.63) is 46.5 Å². The molecule has 0 aliphatic rings. The molecule has 2 aromatic rings. The van der Waals surface area contributed by atoms with Gasteiger partial charge in [-0.25, -0.2) is 4.98 Å². The van der Waals surface area contributed by atoms with E-state index in [1.54, 1.807) is 0 Å². The first-order valence-corrected chi connectivity index (χ1v) is 8.07. The molecule has 21 heavy (non-hydrogen) atoms. The zero-order chi connectivity index (χ0) is 15.2. The van der Waals surface area contributed by atoms with E-state index in [0.717, 1.165) is 36.4 Å². The Kier molecular flexibility index (Phi) is 5.82. The van der Waals surface area contributed by atoms with Crippen molar-refractivity contribution in [2.24, 2.45) is 7.05 Å². The van der Waals surface area contributed by atoms with Gasteiger partial charge < -0.3 is 14.8 Å². The molecule has 0 fully saturated rings. The lowest BCUT2D eigenvalue weighted by molar-refractivity contribution is 0.672. The van der Waals surface area contributed by atoms with Gasteiger partial charge in [-0.05, 0) is 36.7 Å². The van der Waals surface area contributed by atoms with E-state index in [1.165, 1.54) is 11.3 Å². The third kappa shape index (κ3) is 4.32. The van der Waals surface area contributed by atoms with E-state index in [4.69, 9.17) is 0 Å². The Morgan fingerprint density at radius 1 is 1.38 bits per heavy atom. The number of rotatable bonds is 7. The lowest BCUT2D eigenvalue weighted by atomic mass is 10.1. The summed E-state index contributed by atoms with van der Waals surface area (Å²) in [6.07, 6.45) is 4.97. The van der Waals surface area contributed by atoms with Gasteiger partial charge in [0.25, 0.3) is 0 Å². The Balaban J connectivity index is 2.15. The van der Waals surface area contributed by atoms with Gasteiger partial charge in [-0.2, -0.15) is 0 Å². The van der Waals surface area contributed by atoms with Crippen LogP contribution in [0.4, 0.5) is 5.69 Å². The van der Waals surface area contributed by atoms with Gasteiger partial charge in [0.05, 0.1) is 6.54 Å². The highest BCUT2D eigenvalue weighted by molar-refractivity contribution is 9.10. The minimum Gasteiger partial charge on any atom is -0.367 e. The Hall–Kier alpha value is -1.33. The molecule has 1 N–H and O–H groups in total. The van der Waals surface area contributed by atoms with Gasteiger partial charge in [-0.3, -0.25) is 0 Å². The number of benzene rings is 1. The van der Waals surface area contributed by atoms with E-state index >= 15 is 0 Å². The van der Waals surface area contributed by atoms with Crippen LogP contribution < -0.4 is 10.2 Å². The van der Waals surface area contributed by atoms with Gasteiger partial charge in [0.1, 0.15) is 5.82 Å². The molecule has 0 bridgehead atoms. The minimum absolute atomic E-state index is 0.798. The molecule has 0 radical (unpaired) electrons. The van der Waals surface area contributed by atoms with Crippen LogP contribution in [0.1, 0.15) is 24.7 Å². The average Bonchev–Trinajstić information content (AvgIpc) is 2.84. The molecule has 1 heterocycles. The Morgan fingerprint density at radius 2 is 2.19 bits per heavy atom. The summed E-state index contributed by atoms with van der Waals surface area (Å²) >= 11 is 3.56. The van der Waals surface area contributed by atoms with Crippen LogP contribution in [0.5, 0.6) is 0 Å². The fourth-order valence-corrected chi connectivity index (χ4v) is 2.72. The van der Waals surface area contributed by atoms with Crippen molar-refractivity contribution in [3.63, 3.8) is 0 Å². The lowest BCUT2D eigenvalue weighted by Crippen LogP contribution is -2.22. The van der Waals surface area contributed by atoms with E-state index in [2.05, 4.69) is 67.9 Å². The number of imidazole rings is 1. The molecule has 0 amide bonds. The minimum atomic E-state index is 0.798. The molecular formula is C16H23BrN4. The maximum absolute atomic E-state index is 4.40. The van der Waals surface area contributed by atoms with Crippen LogP contribution in [-0.2, 0) is 20.1 Å². The second-order valence-electron chi connectivity index (χ2n) is 5.26. The summed E-state index contributed by atoms with van der Waals surface area (Å²) < 4.78 is 3.18. The molecule has 0 aliphatic heterocycles. The molecule has 1 aromatic carbocycles.